The van der Waals surface area contributed by atoms with Crippen LogP contribution >= 0.6 is 11.8 Å². The van der Waals surface area contributed by atoms with E-state index in [0.717, 1.165) is 11.1 Å². The Kier molecular flexibility index (Phi) is 4.97. The van der Waals surface area contributed by atoms with Gasteiger partial charge in [0.15, 0.2) is 5.12 Å². The van der Waals surface area contributed by atoms with Crippen LogP contribution < -0.4 is 0 Å². The lowest BCUT2D eigenvalue weighted by Gasteiger charge is -2.13. The van der Waals surface area contributed by atoms with Crippen molar-refractivity contribution in [1.29, 1.82) is 5.26 Å². The molecule has 0 heterocycles. The first-order chi connectivity index (χ1) is 10.5. The van der Waals surface area contributed by atoms with E-state index in [1.165, 1.54) is 6.92 Å². The molecule has 0 bridgehead atoms. The second-order valence-electron chi connectivity index (χ2n) is 4.61. The second-order valence-corrected chi connectivity index (χ2v) is 5.89. The highest BCUT2D eigenvalue weighted by Gasteiger charge is 2.25. The zero-order valence-corrected chi connectivity index (χ0v) is 12.6. The first kappa shape index (κ1) is 15.8. The molecule has 0 amide bonds. The minimum atomic E-state index is -1.14. The Hall–Kier alpha value is -2.58. The summed E-state index contributed by atoms with van der Waals surface area (Å²) in [6.45, 7) is 1.31. The molecule has 4 nitrogen and oxygen atoms in total. The van der Waals surface area contributed by atoms with Gasteiger partial charge in [-0.3, -0.25) is 9.59 Å². The Balaban J connectivity index is 2.48. The van der Waals surface area contributed by atoms with Gasteiger partial charge in [-0.2, -0.15) is 5.26 Å². The van der Waals surface area contributed by atoms with Gasteiger partial charge in [-0.15, -0.1) is 0 Å². The molecule has 2 aromatic rings. The van der Waals surface area contributed by atoms with Crippen molar-refractivity contribution >= 4 is 22.8 Å². The van der Waals surface area contributed by atoms with Gasteiger partial charge in [0, 0.05) is 6.92 Å². The van der Waals surface area contributed by atoms with Crippen LogP contribution in [0.15, 0.2) is 48.5 Å². The fourth-order valence-corrected chi connectivity index (χ4v) is 2.87. The van der Waals surface area contributed by atoms with Crippen molar-refractivity contribution in [3.05, 3.63) is 59.7 Å². The van der Waals surface area contributed by atoms with E-state index in [0.29, 0.717) is 17.3 Å². The highest BCUT2D eigenvalue weighted by atomic mass is 32.2. The van der Waals surface area contributed by atoms with Gasteiger partial charge in [0.05, 0.1) is 11.6 Å². The number of rotatable bonds is 4. The van der Waals surface area contributed by atoms with Gasteiger partial charge in [-0.05, 0) is 22.8 Å². The number of carbonyl (C=O) groups excluding carboxylic acids is 1. The predicted octanol–water partition coefficient (Wildman–Crippen LogP) is 3.63. The van der Waals surface area contributed by atoms with Crippen LogP contribution in [0.25, 0.3) is 11.1 Å². The Morgan fingerprint density at radius 2 is 1.82 bits per heavy atom. The molecule has 0 fully saturated rings. The van der Waals surface area contributed by atoms with Crippen molar-refractivity contribution in [3.63, 3.8) is 0 Å². The minimum absolute atomic E-state index is 0.266. The van der Waals surface area contributed by atoms with Crippen molar-refractivity contribution in [3.8, 4) is 17.2 Å². The molecule has 5 heteroatoms. The zero-order chi connectivity index (χ0) is 16.1. The van der Waals surface area contributed by atoms with Crippen molar-refractivity contribution in [2.45, 2.75) is 12.2 Å². The van der Waals surface area contributed by atoms with Crippen LogP contribution in [0.4, 0.5) is 0 Å². The van der Waals surface area contributed by atoms with Gasteiger partial charge in [0.25, 0.3) is 0 Å². The fourth-order valence-electron chi connectivity index (χ4n) is 2.10. The van der Waals surface area contributed by atoms with E-state index in [-0.39, 0.29) is 10.7 Å². The predicted molar refractivity (Wildman–Crippen MR) is 85.2 cm³/mol. The highest BCUT2D eigenvalue weighted by Crippen LogP contribution is 2.34. The number of aliphatic carboxylic acids is 1. The molecule has 0 spiro atoms. The average Bonchev–Trinajstić information content (AvgIpc) is 2.52. The smallest absolute Gasteiger partial charge is 0.321 e. The van der Waals surface area contributed by atoms with E-state index in [9.17, 15) is 20.0 Å². The van der Waals surface area contributed by atoms with E-state index in [2.05, 4.69) is 0 Å². The van der Waals surface area contributed by atoms with E-state index in [1.807, 2.05) is 36.4 Å². The number of thioether (sulfide) groups is 1. The quantitative estimate of drug-likeness (QED) is 0.932. The lowest BCUT2D eigenvalue weighted by molar-refractivity contribution is -0.136. The summed E-state index contributed by atoms with van der Waals surface area (Å²) in [5.41, 5.74) is 2.38. The lowest BCUT2D eigenvalue weighted by Crippen LogP contribution is -2.11. The lowest BCUT2D eigenvalue weighted by atomic mass is 9.98. The summed E-state index contributed by atoms with van der Waals surface area (Å²) in [5.74, 6) is -1.14. The van der Waals surface area contributed by atoms with Crippen LogP contribution in [0.5, 0.6) is 0 Å². The molecule has 0 aromatic heterocycles. The molecule has 2 rings (SSSR count). The van der Waals surface area contributed by atoms with Crippen molar-refractivity contribution < 1.29 is 14.7 Å². The van der Waals surface area contributed by atoms with Gasteiger partial charge >= 0.3 is 5.97 Å². The molecule has 22 heavy (non-hydrogen) atoms. The van der Waals surface area contributed by atoms with E-state index in [1.54, 1.807) is 18.2 Å². The normalized spacial score (nSPS) is 11.5. The third-order valence-electron chi connectivity index (χ3n) is 3.07. The van der Waals surface area contributed by atoms with Gasteiger partial charge < -0.3 is 5.11 Å². The average molecular weight is 311 g/mol. The number of hydrogen-bond acceptors (Lipinski definition) is 4. The van der Waals surface area contributed by atoms with Crippen LogP contribution in [0.1, 0.15) is 23.3 Å². The summed E-state index contributed by atoms with van der Waals surface area (Å²) in [6, 6.07) is 16.6. The summed E-state index contributed by atoms with van der Waals surface area (Å²) < 4.78 is 0. The standard InChI is InChI=1S/C17H13NO3S/c1-11(19)22-16(17(20)21)15-8-7-13(9-14(15)10-18)12-5-3-2-4-6-12/h2-9,16H,1H3,(H,20,21). The Morgan fingerprint density at radius 1 is 1.14 bits per heavy atom. The third kappa shape index (κ3) is 3.54. The van der Waals surface area contributed by atoms with Crippen LogP contribution in [-0.4, -0.2) is 16.2 Å². The topological polar surface area (TPSA) is 78.2 Å². The molecule has 0 aliphatic carbocycles. The number of hydrogen-bond donors (Lipinski definition) is 1. The molecule has 0 saturated carbocycles. The molecule has 1 N–H and O–H groups in total. The van der Waals surface area contributed by atoms with Crippen LogP contribution in [-0.2, 0) is 9.59 Å². The number of carboxylic acid groups (broad SMARTS) is 1. The highest BCUT2D eigenvalue weighted by molar-refractivity contribution is 8.14. The Bertz CT molecular complexity index is 750. The van der Waals surface area contributed by atoms with Gasteiger partial charge in [-0.25, -0.2) is 0 Å². The molecular formula is C17H13NO3S. The van der Waals surface area contributed by atoms with Crippen LogP contribution in [0.3, 0.4) is 0 Å². The molecule has 0 aliphatic rings. The molecule has 1 unspecified atom stereocenters. The summed E-state index contributed by atoms with van der Waals surface area (Å²) in [4.78, 5) is 22.6. The zero-order valence-electron chi connectivity index (χ0n) is 11.8. The van der Waals surface area contributed by atoms with Crippen molar-refractivity contribution in [2.75, 3.05) is 0 Å². The van der Waals surface area contributed by atoms with Gasteiger partial charge in [-0.1, -0.05) is 54.2 Å². The van der Waals surface area contributed by atoms with Gasteiger partial charge in [0.2, 0.25) is 0 Å². The first-order valence-corrected chi connectivity index (χ1v) is 7.40. The van der Waals surface area contributed by atoms with Crippen molar-refractivity contribution in [2.24, 2.45) is 0 Å². The summed E-state index contributed by atoms with van der Waals surface area (Å²) in [7, 11) is 0. The molecule has 0 aliphatic heterocycles. The van der Waals surface area contributed by atoms with Crippen LogP contribution in [0.2, 0.25) is 0 Å². The van der Waals surface area contributed by atoms with Crippen LogP contribution in [0, 0.1) is 11.3 Å². The monoisotopic (exact) mass is 311 g/mol. The molecule has 0 radical (unpaired) electrons. The maximum absolute atomic E-state index is 11.4. The number of carbonyl (C=O) groups is 2. The van der Waals surface area contributed by atoms with E-state index in [4.69, 9.17) is 0 Å². The molecule has 0 saturated heterocycles. The Morgan fingerprint density at radius 3 is 2.36 bits per heavy atom. The van der Waals surface area contributed by atoms with Gasteiger partial charge in [0.1, 0.15) is 5.25 Å². The first-order valence-electron chi connectivity index (χ1n) is 6.52. The second kappa shape index (κ2) is 6.92. The van der Waals surface area contributed by atoms with E-state index >= 15 is 0 Å². The Labute approximate surface area is 132 Å². The summed E-state index contributed by atoms with van der Waals surface area (Å²) in [6.07, 6.45) is 0. The largest absolute Gasteiger partial charge is 0.480 e. The maximum atomic E-state index is 11.4. The minimum Gasteiger partial charge on any atom is -0.480 e. The fraction of sp³-hybridized carbons (Fsp3) is 0.118. The number of nitriles is 1. The van der Waals surface area contributed by atoms with Crippen molar-refractivity contribution in [1.82, 2.24) is 0 Å². The van der Waals surface area contributed by atoms with E-state index < -0.39 is 11.2 Å². The summed E-state index contributed by atoms with van der Waals surface area (Å²) >= 11 is 0.702. The number of nitrogens with zero attached hydrogens (tertiary/aromatic N) is 1. The molecular weight excluding hydrogens is 298 g/mol. The number of carboxylic acids is 1. The summed E-state index contributed by atoms with van der Waals surface area (Å²) in [5, 5.41) is 17.2. The number of benzene rings is 2. The molecule has 110 valence electrons. The molecule has 1 atom stereocenters. The maximum Gasteiger partial charge on any atom is 0.321 e. The molecule has 2 aromatic carbocycles. The third-order valence-corrected chi connectivity index (χ3v) is 4.09. The SMILES string of the molecule is CC(=O)SC(C(=O)O)c1ccc(-c2ccccc2)cc1C#N.